The van der Waals surface area contributed by atoms with Crippen LogP contribution in [-0.2, 0) is 16.2 Å². The summed E-state index contributed by atoms with van der Waals surface area (Å²) in [5.41, 5.74) is 3.17. The van der Waals surface area contributed by atoms with Crippen LogP contribution in [0, 0.1) is 5.92 Å². The smallest absolute Gasteiger partial charge is 0.248 e. The molecule has 1 rings (SSSR count). The summed E-state index contributed by atoms with van der Waals surface area (Å²) in [6.45, 7) is 2.03. The number of benzene rings is 1. The van der Waals surface area contributed by atoms with Gasteiger partial charge >= 0.3 is 0 Å². The van der Waals surface area contributed by atoms with Crippen LogP contribution in [0.25, 0.3) is 0 Å². The summed E-state index contributed by atoms with van der Waals surface area (Å²) < 4.78 is 10.4. The molecule has 0 bridgehead atoms. The molecule has 1 aromatic carbocycles. The largest absolute Gasteiger partial charge is 0.497 e. The zero-order valence-corrected chi connectivity index (χ0v) is 13.4. The molecular weight excluding hydrogens is 286 g/mol. The second-order valence-corrected chi connectivity index (χ2v) is 4.95. The molecule has 0 aliphatic rings. The van der Waals surface area contributed by atoms with E-state index in [4.69, 9.17) is 14.3 Å². The zero-order valence-electron chi connectivity index (χ0n) is 13.4. The molecule has 1 amide bonds. The number of ether oxygens (including phenoxy) is 2. The molecule has 0 unspecified atom stereocenters. The topological polar surface area (TPSA) is 77.0 Å². The Morgan fingerprint density at radius 1 is 1.32 bits per heavy atom. The van der Waals surface area contributed by atoms with Crippen molar-refractivity contribution in [2.24, 2.45) is 5.92 Å². The van der Waals surface area contributed by atoms with Crippen LogP contribution in [0.1, 0.15) is 31.7 Å². The second-order valence-electron chi connectivity index (χ2n) is 4.95. The average molecular weight is 311 g/mol. The number of nitrogens with one attached hydrogen (secondary N) is 1. The van der Waals surface area contributed by atoms with Crippen LogP contribution >= 0.6 is 0 Å². The normalized spacial score (nSPS) is 11.8. The van der Waals surface area contributed by atoms with Crippen LogP contribution < -0.4 is 15.0 Å². The first-order valence-corrected chi connectivity index (χ1v) is 7.39. The SMILES string of the molecule is CCCC[C@H](CO)C(=O)NOCc1ccc(OC)cc1OC. The molecule has 0 saturated carbocycles. The van der Waals surface area contributed by atoms with Gasteiger partial charge in [-0.1, -0.05) is 19.8 Å². The third-order valence-corrected chi connectivity index (χ3v) is 3.39. The summed E-state index contributed by atoms with van der Waals surface area (Å²) in [6.07, 6.45) is 2.52. The zero-order chi connectivity index (χ0) is 16.4. The molecule has 1 atom stereocenters. The average Bonchev–Trinajstić information content (AvgIpc) is 2.55. The first-order valence-electron chi connectivity index (χ1n) is 7.39. The molecule has 124 valence electrons. The van der Waals surface area contributed by atoms with E-state index in [9.17, 15) is 9.90 Å². The Morgan fingerprint density at radius 3 is 2.68 bits per heavy atom. The molecular formula is C16H25NO5. The number of unbranched alkanes of at least 4 members (excludes halogenated alkanes) is 1. The number of aliphatic hydroxyl groups is 1. The van der Waals surface area contributed by atoms with Gasteiger partial charge in [0.05, 0.1) is 26.7 Å². The molecule has 6 heteroatoms. The number of amides is 1. The summed E-state index contributed by atoms with van der Waals surface area (Å²) in [5.74, 6) is 0.573. The highest BCUT2D eigenvalue weighted by molar-refractivity contribution is 5.77. The Balaban J connectivity index is 2.51. The van der Waals surface area contributed by atoms with Gasteiger partial charge in [0.2, 0.25) is 5.91 Å². The summed E-state index contributed by atoms with van der Waals surface area (Å²) in [7, 11) is 3.14. The molecule has 22 heavy (non-hydrogen) atoms. The Morgan fingerprint density at radius 2 is 2.09 bits per heavy atom. The maximum absolute atomic E-state index is 11.9. The fourth-order valence-corrected chi connectivity index (χ4v) is 2.00. The summed E-state index contributed by atoms with van der Waals surface area (Å²) in [6, 6.07) is 5.35. The Kier molecular flexibility index (Phi) is 8.32. The van der Waals surface area contributed by atoms with E-state index >= 15 is 0 Å². The van der Waals surface area contributed by atoms with Gasteiger partial charge in [-0.3, -0.25) is 9.63 Å². The Bertz CT molecular complexity index is 464. The lowest BCUT2D eigenvalue weighted by Gasteiger charge is -2.15. The van der Waals surface area contributed by atoms with Gasteiger partial charge in [0.1, 0.15) is 18.1 Å². The third-order valence-electron chi connectivity index (χ3n) is 3.39. The van der Waals surface area contributed by atoms with Crippen LogP contribution in [0.4, 0.5) is 0 Å². The van der Waals surface area contributed by atoms with Crippen molar-refractivity contribution in [2.45, 2.75) is 32.8 Å². The van der Waals surface area contributed by atoms with E-state index in [0.717, 1.165) is 18.4 Å². The number of carbonyl (C=O) groups excluding carboxylic acids is 1. The first kappa shape index (κ1) is 18.3. The van der Waals surface area contributed by atoms with E-state index in [0.29, 0.717) is 17.9 Å². The minimum absolute atomic E-state index is 0.171. The molecule has 0 spiro atoms. The first-order chi connectivity index (χ1) is 10.7. The van der Waals surface area contributed by atoms with Gasteiger partial charge < -0.3 is 14.6 Å². The number of rotatable bonds is 10. The minimum Gasteiger partial charge on any atom is -0.497 e. The highest BCUT2D eigenvalue weighted by atomic mass is 16.7. The fraction of sp³-hybridized carbons (Fsp3) is 0.562. The molecule has 0 aliphatic carbocycles. The molecule has 2 N–H and O–H groups in total. The number of hydrogen-bond donors (Lipinski definition) is 2. The lowest BCUT2D eigenvalue weighted by Crippen LogP contribution is -2.32. The quantitative estimate of drug-likeness (QED) is 0.647. The maximum atomic E-state index is 11.9. The number of hydroxylamine groups is 1. The van der Waals surface area contributed by atoms with Crippen molar-refractivity contribution in [3.05, 3.63) is 23.8 Å². The summed E-state index contributed by atoms with van der Waals surface area (Å²) in [5, 5.41) is 9.23. The van der Waals surface area contributed by atoms with Gasteiger partial charge in [0.15, 0.2) is 0 Å². The van der Waals surface area contributed by atoms with E-state index in [1.165, 1.54) is 0 Å². The van der Waals surface area contributed by atoms with Crippen LogP contribution in [0.3, 0.4) is 0 Å². The van der Waals surface area contributed by atoms with Crippen LogP contribution in [0.5, 0.6) is 11.5 Å². The van der Waals surface area contributed by atoms with E-state index in [1.54, 1.807) is 26.4 Å². The highest BCUT2D eigenvalue weighted by Gasteiger charge is 2.17. The molecule has 1 aromatic rings. The van der Waals surface area contributed by atoms with Gasteiger partial charge in [-0.15, -0.1) is 0 Å². The molecule has 0 saturated heterocycles. The molecule has 0 aliphatic heterocycles. The Hall–Kier alpha value is -1.79. The van der Waals surface area contributed by atoms with Gasteiger partial charge in [0.25, 0.3) is 0 Å². The lowest BCUT2D eigenvalue weighted by atomic mass is 10.0. The van der Waals surface area contributed by atoms with Crippen molar-refractivity contribution in [1.29, 1.82) is 0 Å². The predicted octanol–water partition coefficient (Wildman–Crippen LogP) is 2.05. The second kappa shape index (κ2) is 10.0. The van der Waals surface area contributed by atoms with Gasteiger partial charge in [0, 0.05) is 11.6 Å². The maximum Gasteiger partial charge on any atom is 0.248 e. The standard InChI is InChI=1S/C16H25NO5/c1-4-5-6-12(10-18)16(19)17-22-11-13-7-8-14(20-2)9-15(13)21-3/h7-9,12,18H,4-6,10-11H2,1-3H3,(H,17,19)/t12-/m1/s1. The molecule has 6 nitrogen and oxygen atoms in total. The minimum atomic E-state index is -0.433. The number of hydrogen-bond acceptors (Lipinski definition) is 5. The van der Waals surface area contributed by atoms with Crippen molar-refractivity contribution in [3.63, 3.8) is 0 Å². The van der Waals surface area contributed by atoms with E-state index < -0.39 is 5.92 Å². The van der Waals surface area contributed by atoms with E-state index in [1.807, 2.05) is 13.0 Å². The number of methoxy groups -OCH3 is 2. The van der Waals surface area contributed by atoms with Gasteiger partial charge in [-0.2, -0.15) is 0 Å². The van der Waals surface area contributed by atoms with Crippen molar-refractivity contribution >= 4 is 5.91 Å². The third kappa shape index (κ3) is 5.54. The van der Waals surface area contributed by atoms with Crippen LogP contribution in [-0.4, -0.2) is 31.8 Å². The van der Waals surface area contributed by atoms with Crippen molar-refractivity contribution in [3.8, 4) is 11.5 Å². The van der Waals surface area contributed by atoms with Crippen molar-refractivity contribution in [1.82, 2.24) is 5.48 Å². The van der Waals surface area contributed by atoms with Crippen LogP contribution in [0.15, 0.2) is 18.2 Å². The molecule has 0 fully saturated rings. The highest BCUT2D eigenvalue weighted by Crippen LogP contribution is 2.24. The van der Waals surface area contributed by atoms with Crippen molar-refractivity contribution < 1.29 is 24.2 Å². The van der Waals surface area contributed by atoms with Gasteiger partial charge in [-0.05, 0) is 18.6 Å². The van der Waals surface area contributed by atoms with Gasteiger partial charge in [-0.25, -0.2) is 5.48 Å². The summed E-state index contributed by atoms with van der Waals surface area (Å²) in [4.78, 5) is 17.1. The van der Waals surface area contributed by atoms with Crippen LogP contribution in [0.2, 0.25) is 0 Å². The van der Waals surface area contributed by atoms with Crippen molar-refractivity contribution in [2.75, 3.05) is 20.8 Å². The number of aliphatic hydroxyl groups excluding tert-OH is 1. The molecule has 0 heterocycles. The lowest BCUT2D eigenvalue weighted by molar-refractivity contribution is -0.140. The summed E-state index contributed by atoms with van der Waals surface area (Å²) >= 11 is 0. The Labute approximate surface area is 131 Å². The predicted molar refractivity (Wildman–Crippen MR) is 82.6 cm³/mol. The fourth-order valence-electron chi connectivity index (χ4n) is 2.00. The van der Waals surface area contributed by atoms with E-state index in [2.05, 4.69) is 5.48 Å². The monoisotopic (exact) mass is 311 g/mol. The molecule has 0 radical (unpaired) electrons. The number of carbonyl (C=O) groups is 1. The van der Waals surface area contributed by atoms with E-state index in [-0.39, 0.29) is 19.1 Å². The molecule has 0 aromatic heterocycles.